The molecule has 1 aromatic heterocycles. The molecule has 0 amide bonds. The summed E-state index contributed by atoms with van der Waals surface area (Å²) in [6.07, 6.45) is 0. The van der Waals surface area contributed by atoms with Crippen LogP contribution in [-0.4, -0.2) is 10.2 Å². The van der Waals surface area contributed by atoms with E-state index in [0.717, 1.165) is 6.07 Å². The van der Waals surface area contributed by atoms with Crippen LogP contribution >= 0.6 is 0 Å². The lowest BCUT2D eigenvalue weighted by Crippen LogP contribution is -2.25. The van der Waals surface area contributed by atoms with Crippen molar-refractivity contribution in [1.82, 2.24) is 0 Å². The lowest BCUT2D eigenvalue weighted by molar-refractivity contribution is -0.621. The minimum Gasteiger partial charge on any atom is -0.613 e. The van der Waals surface area contributed by atoms with E-state index in [1.54, 1.807) is 0 Å². The second-order valence-corrected chi connectivity index (χ2v) is 1.45. The fourth-order valence-electron chi connectivity index (χ4n) is 0.426. The minimum atomic E-state index is -0.630. The van der Waals surface area contributed by atoms with E-state index in [1.165, 1.54) is 6.07 Å². The molecule has 4 nitrogen and oxygen atoms in total. The van der Waals surface area contributed by atoms with Gasteiger partial charge in [-0.3, -0.25) is 0 Å². The highest BCUT2D eigenvalue weighted by molar-refractivity contribution is 5.07. The first-order valence-corrected chi connectivity index (χ1v) is 2.24. The normalized spacial score (nSPS) is 9.33. The van der Waals surface area contributed by atoms with Crippen molar-refractivity contribution in [2.75, 3.05) is 0 Å². The van der Waals surface area contributed by atoms with Gasteiger partial charge in [-0.2, -0.15) is 0 Å². The third-order valence-electron chi connectivity index (χ3n) is 0.845. The highest BCUT2D eigenvalue weighted by atomic mass is 16.5. The molecule has 2 N–H and O–H groups in total. The quantitative estimate of drug-likeness (QED) is 0.365. The van der Waals surface area contributed by atoms with E-state index < -0.39 is 11.8 Å². The molecule has 1 heterocycles. The van der Waals surface area contributed by atoms with Gasteiger partial charge in [-0.05, 0) is 6.07 Å². The third kappa shape index (κ3) is 0.861. The number of hydrogen-bond acceptors (Lipinski definition) is 3. The van der Waals surface area contributed by atoms with Crippen molar-refractivity contribution in [2.24, 2.45) is 0 Å². The van der Waals surface area contributed by atoms with Gasteiger partial charge >= 0.3 is 11.8 Å². The van der Waals surface area contributed by atoms with E-state index in [-0.39, 0.29) is 4.73 Å². The van der Waals surface area contributed by atoms with E-state index >= 15 is 0 Å². The van der Waals surface area contributed by atoms with Crippen LogP contribution in [0.25, 0.3) is 0 Å². The molecule has 0 spiro atoms. The molecule has 1 rings (SSSR count). The van der Waals surface area contributed by atoms with Gasteiger partial charge in [0.15, 0.2) is 0 Å². The lowest BCUT2D eigenvalue weighted by Gasteiger charge is -1.96. The highest BCUT2D eigenvalue weighted by Crippen LogP contribution is 2.04. The number of hydrogen-bond donors (Lipinski definition) is 2. The zero-order chi connectivity index (χ0) is 6.85. The number of aromatic nitrogens is 1. The minimum absolute atomic E-state index is 0.0278. The van der Waals surface area contributed by atoms with Crippen LogP contribution in [0.4, 0.5) is 0 Å². The van der Waals surface area contributed by atoms with Crippen LogP contribution in [0.1, 0.15) is 0 Å². The van der Waals surface area contributed by atoms with Crippen LogP contribution in [-0.2, 0) is 0 Å². The van der Waals surface area contributed by atoms with Crippen molar-refractivity contribution >= 4 is 0 Å². The maximum absolute atomic E-state index is 10.4. The molecule has 0 atom stereocenters. The van der Waals surface area contributed by atoms with E-state index in [2.05, 4.69) is 6.07 Å². The van der Waals surface area contributed by atoms with Gasteiger partial charge in [0.1, 0.15) is 6.07 Å². The molecule has 0 aromatic carbocycles. The van der Waals surface area contributed by atoms with Crippen molar-refractivity contribution < 1.29 is 14.9 Å². The summed E-state index contributed by atoms with van der Waals surface area (Å²) in [5.41, 5.74) is 0. The first-order valence-electron chi connectivity index (χ1n) is 2.24. The first kappa shape index (κ1) is 5.68. The van der Waals surface area contributed by atoms with E-state index in [4.69, 9.17) is 10.2 Å². The Morgan fingerprint density at radius 1 is 1.56 bits per heavy atom. The number of rotatable bonds is 0. The van der Waals surface area contributed by atoms with Gasteiger partial charge in [-0.1, -0.05) is 4.73 Å². The average molecular weight is 126 g/mol. The summed E-state index contributed by atoms with van der Waals surface area (Å²) in [7, 11) is 0. The summed E-state index contributed by atoms with van der Waals surface area (Å²) >= 11 is 0. The van der Waals surface area contributed by atoms with E-state index in [1.807, 2.05) is 0 Å². The topological polar surface area (TPSA) is 67.4 Å². The van der Waals surface area contributed by atoms with Crippen LogP contribution in [0.3, 0.4) is 0 Å². The number of nitrogens with zero attached hydrogens (tertiary/aromatic N) is 1. The summed E-state index contributed by atoms with van der Waals surface area (Å²) < 4.78 is -0.0278. The molecule has 1 radical (unpaired) electrons. The molecule has 0 aliphatic carbocycles. The van der Waals surface area contributed by atoms with Gasteiger partial charge in [0.05, 0.1) is 6.07 Å². The van der Waals surface area contributed by atoms with Gasteiger partial charge < -0.3 is 15.4 Å². The Morgan fingerprint density at radius 2 is 2.22 bits per heavy atom. The van der Waals surface area contributed by atoms with Crippen LogP contribution in [0.2, 0.25) is 0 Å². The van der Waals surface area contributed by atoms with Crippen molar-refractivity contribution in [2.45, 2.75) is 0 Å². The van der Waals surface area contributed by atoms with E-state index in [0.29, 0.717) is 0 Å². The predicted molar refractivity (Wildman–Crippen MR) is 27.6 cm³/mol. The zero-order valence-corrected chi connectivity index (χ0v) is 4.40. The third-order valence-corrected chi connectivity index (χ3v) is 0.845. The number of pyridine rings is 1. The maximum atomic E-state index is 10.4. The van der Waals surface area contributed by atoms with Crippen LogP contribution in [0.5, 0.6) is 11.8 Å². The summed E-state index contributed by atoms with van der Waals surface area (Å²) in [6, 6.07) is 4.57. The molecule has 47 valence electrons. The standard InChI is InChI=1S/C5H4NO3/c7-4-2-1-3-5(8)6(4)9/h1-2,7-8H. The van der Waals surface area contributed by atoms with Gasteiger partial charge in [-0.25, -0.2) is 0 Å². The fourth-order valence-corrected chi connectivity index (χ4v) is 0.426. The van der Waals surface area contributed by atoms with Crippen molar-refractivity contribution in [3.05, 3.63) is 23.4 Å². The second kappa shape index (κ2) is 1.81. The summed E-state index contributed by atoms with van der Waals surface area (Å²) in [5, 5.41) is 27.5. The van der Waals surface area contributed by atoms with Crippen molar-refractivity contribution in [1.29, 1.82) is 0 Å². The molecule has 0 aliphatic rings. The predicted octanol–water partition coefficient (Wildman–Crippen LogP) is -0.469. The monoisotopic (exact) mass is 126 g/mol. The lowest BCUT2D eigenvalue weighted by atomic mass is 10.5. The molecule has 0 bridgehead atoms. The Bertz CT molecular complexity index is 203. The van der Waals surface area contributed by atoms with Crippen LogP contribution < -0.4 is 4.73 Å². The SMILES string of the molecule is [O-][n+]1c(O)[c]ccc1O. The Balaban J connectivity index is 3.25. The molecule has 0 unspecified atom stereocenters. The second-order valence-electron chi connectivity index (χ2n) is 1.45. The summed E-state index contributed by atoms with van der Waals surface area (Å²) in [4.78, 5) is 0. The Kier molecular flexibility index (Phi) is 1.14. The highest BCUT2D eigenvalue weighted by Gasteiger charge is 2.05. The summed E-state index contributed by atoms with van der Waals surface area (Å²) in [5.74, 6) is -1.17. The molecular weight excluding hydrogens is 122 g/mol. The molecule has 0 aliphatic heterocycles. The van der Waals surface area contributed by atoms with Gasteiger partial charge in [0.2, 0.25) is 0 Å². The molecule has 0 fully saturated rings. The largest absolute Gasteiger partial charge is 0.613 e. The van der Waals surface area contributed by atoms with Crippen molar-refractivity contribution in [3.63, 3.8) is 0 Å². The molecule has 9 heavy (non-hydrogen) atoms. The van der Waals surface area contributed by atoms with Crippen LogP contribution in [0, 0.1) is 11.3 Å². The van der Waals surface area contributed by atoms with Crippen molar-refractivity contribution in [3.8, 4) is 11.8 Å². The zero-order valence-electron chi connectivity index (χ0n) is 4.40. The smallest absolute Gasteiger partial charge is 0.388 e. The fraction of sp³-hybridized carbons (Fsp3) is 0. The molecular formula is C5H4NO3. The van der Waals surface area contributed by atoms with E-state index in [9.17, 15) is 5.21 Å². The molecule has 1 aromatic rings. The van der Waals surface area contributed by atoms with Gasteiger partial charge in [0.25, 0.3) is 0 Å². The Labute approximate surface area is 51.2 Å². The first-order chi connectivity index (χ1) is 4.22. The van der Waals surface area contributed by atoms with Crippen LogP contribution in [0.15, 0.2) is 12.1 Å². The molecule has 0 saturated heterocycles. The maximum Gasteiger partial charge on any atom is 0.388 e. The Morgan fingerprint density at radius 3 is 2.67 bits per heavy atom. The average Bonchev–Trinajstić information content (AvgIpc) is 1.83. The van der Waals surface area contributed by atoms with Gasteiger partial charge in [-0.15, -0.1) is 0 Å². The Hall–Kier alpha value is -1.45. The van der Waals surface area contributed by atoms with Gasteiger partial charge in [0, 0.05) is 0 Å². The number of aromatic hydroxyl groups is 2. The molecule has 0 saturated carbocycles. The molecule has 4 heteroatoms. The summed E-state index contributed by atoms with van der Waals surface area (Å²) in [6.45, 7) is 0.